The molecule has 1 saturated heterocycles. The van der Waals surface area contributed by atoms with Crippen LogP contribution in [-0.2, 0) is 7.05 Å². The number of aromatic nitrogens is 2. The minimum Gasteiger partial charge on any atom is -0.345 e. The van der Waals surface area contributed by atoms with Crippen LogP contribution < -0.4 is 15.8 Å². The highest BCUT2D eigenvalue weighted by molar-refractivity contribution is 6.04. The summed E-state index contributed by atoms with van der Waals surface area (Å²) in [6.45, 7) is 3.95. The van der Waals surface area contributed by atoms with E-state index in [1.165, 1.54) is 30.6 Å². The second-order valence-electron chi connectivity index (χ2n) is 5.79. The molecule has 1 aliphatic rings. The molecule has 22 heavy (non-hydrogen) atoms. The number of amides is 1. The zero-order chi connectivity index (χ0) is 15.5. The molecule has 1 aromatic heterocycles. The smallest absolute Gasteiger partial charge is 0.274 e. The Hall–Kier alpha value is -2.21. The van der Waals surface area contributed by atoms with Crippen LogP contribution in [0.4, 0.5) is 0 Å². The molecule has 0 saturated carbocycles. The fraction of sp³-hybridized carbons (Fsp3) is 0.438. The molecule has 2 aromatic rings. The van der Waals surface area contributed by atoms with E-state index in [0.29, 0.717) is 23.0 Å². The minimum absolute atomic E-state index is 0.186. The summed E-state index contributed by atoms with van der Waals surface area (Å²) in [5.41, 5.74) is 0.128. The highest BCUT2D eigenvalue weighted by Gasteiger charge is 2.17. The van der Waals surface area contributed by atoms with Crippen LogP contribution in [0.3, 0.4) is 0 Å². The zero-order valence-electron chi connectivity index (χ0n) is 12.8. The van der Waals surface area contributed by atoms with E-state index in [1.54, 1.807) is 30.1 Å². The minimum atomic E-state index is -0.217. The van der Waals surface area contributed by atoms with Crippen LogP contribution in [0.15, 0.2) is 29.1 Å². The molecular formula is C16H21N4O2+. The van der Waals surface area contributed by atoms with E-state index in [-0.39, 0.29) is 11.5 Å². The van der Waals surface area contributed by atoms with Crippen LogP contribution in [0.1, 0.15) is 23.3 Å². The Morgan fingerprint density at radius 3 is 2.68 bits per heavy atom. The number of aryl methyl sites for hydroxylation is 1. The first kappa shape index (κ1) is 14.7. The highest BCUT2D eigenvalue weighted by atomic mass is 16.2. The number of carbonyl (C=O) groups is 1. The Bertz CT molecular complexity index is 747. The lowest BCUT2D eigenvalue weighted by molar-refractivity contribution is -0.886. The molecule has 2 heterocycles. The normalized spacial score (nSPS) is 15.3. The van der Waals surface area contributed by atoms with Gasteiger partial charge in [-0.3, -0.25) is 9.59 Å². The molecule has 116 valence electrons. The van der Waals surface area contributed by atoms with Gasteiger partial charge in [0.25, 0.3) is 11.5 Å². The van der Waals surface area contributed by atoms with Crippen LogP contribution in [-0.4, -0.2) is 41.9 Å². The van der Waals surface area contributed by atoms with E-state index in [4.69, 9.17) is 0 Å². The third kappa shape index (κ3) is 2.87. The Labute approximate surface area is 128 Å². The first-order valence-corrected chi connectivity index (χ1v) is 7.74. The van der Waals surface area contributed by atoms with Gasteiger partial charge in [-0.2, -0.15) is 5.10 Å². The second-order valence-corrected chi connectivity index (χ2v) is 5.79. The van der Waals surface area contributed by atoms with Crippen LogP contribution >= 0.6 is 0 Å². The SMILES string of the molecule is Cn1nc(C(=O)NCC[NH+]2CCCC2)c2ccccc2c1=O. The maximum absolute atomic E-state index is 12.4. The Kier molecular flexibility index (Phi) is 4.20. The molecule has 0 unspecified atom stereocenters. The van der Waals surface area contributed by atoms with E-state index < -0.39 is 0 Å². The van der Waals surface area contributed by atoms with Gasteiger partial charge in [0.2, 0.25) is 0 Å². The summed E-state index contributed by atoms with van der Waals surface area (Å²) in [7, 11) is 1.57. The molecule has 1 aromatic carbocycles. The molecule has 1 aliphatic heterocycles. The maximum atomic E-state index is 12.4. The number of rotatable bonds is 4. The molecule has 0 atom stereocenters. The monoisotopic (exact) mass is 301 g/mol. The number of hydrogen-bond donors (Lipinski definition) is 2. The molecular weight excluding hydrogens is 280 g/mol. The highest BCUT2D eigenvalue weighted by Crippen LogP contribution is 2.12. The Morgan fingerprint density at radius 2 is 1.95 bits per heavy atom. The number of nitrogens with one attached hydrogen (secondary N) is 2. The molecule has 3 rings (SSSR count). The van der Waals surface area contributed by atoms with Crippen LogP contribution in [0.25, 0.3) is 10.8 Å². The first-order valence-electron chi connectivity index (χ1n) is 7.74. The quantitative estimate of drug-likeness (QED) is 0.788. The fourth-order valence-electron chi connectivity index (χ4n) is 3.03. The number of hydrogen-bond acceptors (Lipinski definition) is 3. The summed E-state index contributed by atoms with van der Waals surface area (Å²) >= 11 is 0. The summed E-state index contributed by atoms with van der Waals surface area (Å²) < 4.78 is 1.23. The Morgan fingerprint density at radius 1 is 1.27 bits per heavy atom. The summed E-state index contributed by atoms with van der Waals surface area (Å²) in [5, 5.41) is 8.19. The standard InChI is InChI=1S/C16H20N4O2/c1-19-16(22)13-7-3-2-6-12(13)14(18-19)15(21)17-8-11-20-9-4-5-10-20/h2-3,6-7H,4-5,8-11H2,1H3,(H,17,21)/p+1. The van der Waals surface area contributed by atoms with E-state index in [9.17, 15) is 9.59 Å². The van der Waals surface area contributed by atoms with Crippen molar-refractivity contribution in [2.24, 2.45) is 7.05 Å². The van der Waals surface area contributed by atoms with Crippen LogP contribution in [0.2, 0.25) is 0 Å². The fourth-order valence-corrected chi connectivity index (χ4v) is 3.03. The van der Waals surface area contributed by atoms with Gasteiger partial charge in [0.05, 0.1) is 31.6 Å². The van der Waals surface area contributed by atoms with Crippen molar-refractivity contribution >= 4 is 16.7 Å². The van der Waals surface area contributed by atoms with Crippen molar-refractivity contribution in [1.82, 2.24) is 15.1 Å². The number of benzene rings is 1. The predicted octanol–water partition coefficient (Wildman–Crippen LogP) is -0.658. The van der Waals surface area contributed by atoms with Crippen molar-refractivity contribution in [3.8, 4) is 0 Å². The van der Waals surface area contributed by atoms with Crippen molar-refractivity contribution in [2.45, 2.75) is 12.8 Å². The molecule has 1 fully saturated rings. The first-order chi connectivity index (χ1) is 10.7. The van der Waals surface area contributed by atoms with E-state index in [2.05, 4.69) is 10.4 Å². The maximum Gasteiger partial charge on any atom is 0.274 e. The van der Waals surface area contributed by atoms with Crippen molar-refractivity contribution in [1.29, 1.82) is 0 Å². The molecule has 0 spiro atoms. The number of quaternary nitrogens is 1. The summed E-state index contributed by atoms with van der Waals surface area (Å²) in [6.07, 6.45) is 2.55. The molecule has 6 nitrogen and oxygen atoms in total. The third-order valence-corrected chi connectivity index (χ3v) is 4.25. The number of likely N-dealkylation sites (tertiary alicyclic amines) is 1. The zero-order valence-corrected chi connectivity index (χ0v) is 12.8. The van der Waals surface area contributed by atoms with Gasteiger partial charge in [0.15, 0.2) is 5.69 Å². The van der Waals surface area contributed by atoms with E-state index in [0.717, 1.165) is 6.54 Å². The molecule has 2 N–H and O–H groups in total. The topological polar surface area (TPSA) is 68.4 Å². The Balaban J connectivity index is 1.78. The van der Waals surface area contributed by atoms with Crippen molar-refractivity contribution in [3.63, 3.8) is 0 Å². The van der Waals surface area contributed by atoms with Gasteiger partial charge in [-0.1, -0.05) is 18.2 Å². The molecule has 1 amide bonds. The van der Waals surface area contributed by atoms with Gasteiger partial charge in [-0.15, -0.1) is 0 Å². The van der Waals surface area contributed by atoms with E-state index >= 15 is 0 Å². The second kappa shape index (κ2) is 6.27. The summed E-state index contributed by atoms with van der Waals surface area (Å²) in [6, 6.07) is 7.10. The van der Waals surface area contributed by atoms with Crippen molar-refractivity contribution in [2.75, 3.05) is 26.2 Å². The third-order valence-electron chi connectivity index (χ3n) is 4.25. The molecule has 0 radical (unpaired) electrons. The lowest BCUT2D eigenvalue weighted by Gasteiger charge is -2.13. The summed E-state index contributed by atoms with van der Waals surface area (Å²) in [5.74, 6) is -0.217. The number of nitrogens with zero attached hydrogens (tertiary/aromatic N) is 2. The number of carbonyl (C=O) groups excluding carboxylic acids is 1. The average Bonchev–Trinajstić information content (AvgIpc) is 3.04. The predicted molar refractivity (Wildman–Crippen MR) is 84.1 cm³/mol. The lowest BCUT2D eigenvalue weighted by atomic mass is 10.1. The van der Waals surface area contributed by atoms with Crippen LogP contribution in [0, 0.1) is 0 Å². The summed E-state index contributed by atoms with van der Waals surface area (Å²) in [4.78, 5) is 26.0. The van der Waals surface area contributed by atoms with Crippen LogP contribution in [0.5, 0.6) is 0 Å². The van der Waals surface area contributed by atoms with Gasteiger partial charge in [-0.25, -0.2) is 4.68 Å². The van der Waals surface area contributed by atoms with Gasteiger partial charge in [0.1, 0.15) is 0 Å². The molecule has 0 bridgehead atoms. The largest absolute Gasteiger partial charge is 0.345 e. The van der Waals surface area contributed by atoms with E-state index in [1.807, 2.05) is 6.07 Å². The molecule has 6 heteroatoms. The number of fused-ring (bicyclic) bond motifs is 1. The molecule has 0 aliphatic carbocycles. The lowest BCUT2D eigenvalue weighted by Crippen LogP contribution is -3.10. The van der Waals surface area contributed by atoms with Gasteiger partial charge in [-0.05, 0) is 6.07 Å². The average molecular weight is 301 g/mol. The van der Waals surface area contributed by atoms with Gasteiger partial charge < -0.3 is 10.2 Å². The van der Waals surface area contributed by atoms with Gasteiger partial charge >= 0.3 is 0 Å². The van der Waals surface area contributed by atoms with Crippen molar-refractivity contribution < 1.29 is 9.69 Å². The van der Waals surface area contributed by atoms with Crippen molar-refractivity contribution in [3.05, 3.63) is 40.3 Å². The van der Waals surface area contributed by atoms with Gasteiger partial charge in [0, 0.05) is 25.3 Å².